The molecule has 0 atom stereocenters. The lowest BCUT2D eigenvalue weighted by Crippen LogP contribution is -2.46. The molecule has 18 heavy (non-hydrogen) atoms. The molecule has 2 aromatic rings. The van der Waals surface area contributed by atoms with Gasteiger partial charge in [0.2, 0.25) is 0 Å². The van der Waals surface area contributed by atoms with Crippen LogP contribution in [-0.2, 0) is 0 Å². The van der Waals surface area contributed by atoms with Crippen LogP contribution < -0.4 is 4.90 Å². The number of halogens is 1. The minimum absolute atomic E-state index is 0.237. The Balaban J connectivity index is 1.87. The lowest BCUT2D eigenvalue weighted by Gasteiger charge is -2.34. The van der Waals surface area contributed by atoms with Crippen molar-refractivity contribution in [3.63, 3.8) is 0 Å². The van der Waals surface area contributed by atoms with Gasteiger partial charge >= 0.3 is 0 Å². The second kappa shape index (κ2) is 4.57. The Morgan fingerprint density at radius 1 is 1.28 bits per heavy atom. The molecule has 1 aromatic carbocycles. The second-order valence-electron chi connectivity index (χ2n) is 4.57. The molecule has 1 aromatic heterocycles. The van der Waals surface area contributed by atoms with Crippen LogP contribution in [0.5, 0.6) is 0 Å². The molecule has 0 bridgehead atoms. The molecule has 1 aliphatic rings. The van der Waals surface area contributed by atoms with Gasteiger partial charge in [-0.3, -0.25) is 10.00 Å². The van der Waals surface area contributed by atoms with E-state index in [-0.39, 0.29) is 5.82 Å². The molecule has 0 unspecified atom stereocenters. The van der Waals surface area contributed by atoms with Crippen LogP contribution in [0.25, 0.3) is 10.9 Å². The molecule has 2 heterocycles. The van der Waals surface area contributed by atoms with E-state index in [9.17, 15) is 4.39 Å². The fourth-order valence-corrected chi connectivity index (χ4v) is 2.40. The van der Waals surface area contributed by atoms with Gasteiger partial charge in [0.05, 0.1) is 5.52 Å². The number of hydrogen-bond acceptors (Lipinski definition) is 3. The number of H-pyrrole nitrogens is 1. The Bertz CT molecular complexity index is 543. The van der Waals surface area contributed by atoms with Crippen molar-refractivity contribution in [1.29, 1.82) is 0 Å². The lowest BCUT2D eigenvalue weighted by molar-refractivity contribution is 0.282. The van der Waals surface area contributed by atoms with Crippen molar-refractivity contribution in [1.82, 2.24) is 15.1 Å². The van der Waals surface area contributed by atoms with Gasteiger partial charge in [0.1, 0.15) is 5.82 Å². The van der Waals surface area contributed by atoms with E-state index in [1.807, 2.05) is 0 Å². The molecule has 0 amide bonds. The number of aromatic nitrogens is 2. The Morgan fingerprint density at radius 2 is 2.06 bits per heavy atom. The number of aromatic amines is 1. The predicted octanol–water partition coefficient (Wildman–Crippen LogP) is 1.66. The minimum Gasteiger partial charge on any atom is -0.352 e. The molecule has 0 spiro atoms. The van der Waals surface area contributed by atoms with Gasteiger partial charge < -0.3 is 4.90 Å². The first-order valence-electron chi connectivity index (χ1n) is 6.18. The normalized spacial score (nSPS) is 17.6. The molecule has 1 saturated heterocycles. The third-order valence-corrected chi connectivity index (χ3v) is 3.49. The average Bonchev–Trinajstić information content (AvgIpc) is 2.81. The Kier molecular flexibility index (Phi) is 2.91. The molecule has 1 radical (unpaired) electrons. The molecular formula is C13H16FN4. The summed E-state index contributed by atoms with van der Waals surface area (Å²) in [6.45, 7) is 8.62. The highest BCUT2D eigenvalue weighted by atomic mass is 19.1. The first-order valence-corrected chi connectivity index (χ1v) is 6.18. The summed E-state index contributed by atoms with van der Waals surface area (Å²) in [7, 11) is 0. The van der Waals surface area contributed by atoms with Crippen LogP contribution in [0.2, 0.25) is 0 Å². The maximum absolute atomic E-state index is 13.1. The number of nitrogens with zero attached hydrogens (tertiary/aromatic N) is 3. The van der Waals surface area contributed by atoms with Crippen molar-refractivity contribution < 1.29 is 4.39 Å². The molecule has 1 aliphatic heterocycles. The molecule has 0 aliphatic carbocycles. The first kappa shape index (κ1) is 11.5. The molecule has 5 heteroatoms. The highest BCUT2D eigenvalue weighted by molar-refractivity contribution is 5.90. The van der Waals surface area contributed by atoms with Crippen molar-refractivity contribution in [3.8, 4) is 0 Å². The second-order valence-corrected chi connectivity index (χ2v) is 4.57. The van der Waals surface area contributed by atoms with E-state index in [4.69, 9.17) is 0 Å². The largest absolute Gasteiger partial charge is 0.352 e. The van der Waals surface area contributed by atoms with Gasteiger partial charge in [-0.15, -0.1) is 0 Å². The summed E-state index contributed by atoms with van der Waals surface area (Å²) in [5.74, 6) is 0.688. The van der Waals surface area contributed by atoms with E-state index in [0.29, 0.717) is 0 Å². The third kappa shape index (κ3) is 1.95. The zero-order chi connectivity index (χ0) is 12.5. The quantitative estimate of drug-likeness (QED) is 0.876. The smallest absolute Gasteiger partial charge is 0.158 e. The van der Waals surface area contributed by atoms with Gasteiger partial charge in [-0.05, 0) is 31.7 Å². The van der Waals surface area contributed by atoms with E-state index in [2.05, 4.69) is 26.9 Å². The van der Waals surface area contributed by atoms with Gasteiger partial charge in [0.15, 0.2) is 5.82 Å². The van der Waals surface area contributed by atoms with Gasteiger partial charge in [-0.25, -0.2) is 4.39 Å². The van der Waals surface area contributed by atoms with Crippen molar-refractivity contribution in [2.75, 3.05) is 37.6 Å². The van der Waals surface area contributed by atoms with E-state index < -0.39 is 0 Å². The SMILES string of the molecule is [CH2]CN1CCN(c2n[nH]c3cc(F)ccc23)CC1. The molecule has 1 fully saturated rings. The predicted molar refractivity (Wildman–Crippen MR) is 70.1 cm³/mol. The molecule has 1 N–H and O–H groups in total. The van der Waals surface area contributed by atoms with Crippen LogP contribution in [0.3, 0.4) is 0 Å². The summed E-state index contributed by atoms with van der Waals surface area (Å²) in [6, 6.07) is 4.75. The monoisotopic (exact) mass is 247 g/mol. The number of piperazine rings is 1. The first-order chi connectivity index (χ1) is 8.78. The zero-order valence-corrected chi connectivity index (χ0v) is 10.2. The highest BCUT2D eigenvalue weighted by Gasteiger charge is 2.19. The standard InChI is InChI=1S/C13H16FN4/c1-2-17-5-7-18(8-6-17)13-11-4-3-10(14)9-12(11)15-16-13/h3-4,9H,1-2,5-8H2,(H,15,16). The number of hydrogen-bond donors (Lipinski definition) is 1. The molecule has 4 nitrogen and oxygen atoms in total. The Hall–Kier alpha value is -1.62. The molecule has 3 rings (SSSR count). The lowest BCUT2D eigenvalue weighted by atomic mass is 10.2. The van der Waals surface area contributed by atoms with E-state index in [0.717, 1.165) is 49.4 Å². The summed E-state index contributed by atoms with van der Waals surface area (Å²) >= 11 is 0. The highest BCUT2D eigenvalue weighted by Crippen LogP contribution is 2.25. The summed E-state index contributed by atoms with van der Waals surface area (Å²) in [6.07, 6.45) is 0. The van der Waals surface area contributed by atoms with Crippen molar-refractivity contribution in [2.24, 2.45) is 0 Å². The van der Waals surface area contributed by atoms with Crippen LogP contribution in [0.15, 0.2) is 18.2 Å². The van der Waals surface area contributed by atoms with Gasteiger partial charge in [-0.1, -0.05) is 0 Å². The third-order valence-electron chi connectivity index (χ3n) is 3.49. The van der Waals surface area contributed by atoms with Crippen LogP contribution >= 0.6 is 0 Å². The van der Waals surface area contributed by atoms with Crippen LogP contribution in [0, 0.1) is 12.7 Å². The number of fused-ring (bicyclic) bond motifs is 1. The fourth-order valence-electron chi connectivity index (χ4n) is 2.40. The number of rotatable bonds is 2. The summed E-state index contributed by atoms with van der Waals surface area (Å²) in [5.41, 5.74) is 0.754. The Morgan fingerprint density at radius 3 is 2.78 bits per heavy atom. The average molecular weight is 247 g/mol. The molecule has 95 valence electrons. The van der Waals surface area contributed by atoms with E-state index in [1.54, 1.807) is 6.07 Å². The topological polar surface area (TPSA) is 35.2 Å². The number of nitrogens with one attached hydrogen (secondary N) is 1. The van der Waals surface area contributed by atoms with Crippen molar-refractivity contribution in [3.05, 3.63) is 30.9 Å². The van der Waals surface area contributed by atoms with Crippen LogP contribution in [0.1, 0.15) is 0 Å². The molecular weight excluding hydrogens is 231 g/mol. The van der Waals surface area contributed by atoms with Gasteiger partial charge in [0.25, 0.3) is 0 Å². The summed E-state index contributed by atoms with van der Waals surface area (Å²) < 4.78 is 13.1. The van der Waals surface area contributed by atoms with Crippen molar-refractivity contribution in [2.45, 2.75) is 0 Å². The van der Waals surface area contributed by atoms with E-state index >= 15 is 0 Å². The number of anilines is 1. The van der Waals surface area contributed by atoms with E-state index in [1.165, 1.54) is 12.1 Å². The Labute approximate surface area is 105 Å². The van der Waals surface area contributed by atoms with Gasteiger partial charge in [-0.2, -0.15) is 5.10 Å². The summed E-state index contributed by atoms with van der Waals surface area (Å²) in [4.78, 5) is 4.55. The maximum Gasteiger partial charge on any atom is 0.158 e. The van der Waals surface area contributed by atoms with Gasteiger partial charge in [0, 0.05) is 31.6 Å². The van der Waals surface area contributed by atoms with Crippen LogP contribution in [0.4, 0.5) is 10.2 Å². The summed E-state index contributed by atoms with van der Waals surface area (Å²) in [5, 5.41) is 8.19. The maximum atomic E-state index is 13.1. The zero-order valence-electron chi connectivity index (χ0n) is 10.2. The van der Waals surface area contributed by atoms with Crippen molar-refractivity contribution >= 4 is 16.7 Å². The fraction of sp³-hybridized carbons (Fsp3) is 0.385. The van der Waals surface area contributed by atoms with Crippen LogP contribution in [-0.4, -0.2) is 47.8 Å². The molecule has 0 saturated carbocycles. The number of benzene rings is 1. The minimum atomic E-state index is -0.237.